The number of ether oxygens (including phenoxy) is 2. The summed E-state index contributed by atoms with van der Waals surface area (Å²) in [7, 11) is -0.996. The average Bonchev–Trinajstić information content (AvgIpc) is 3.38. The van der Waals surface area contributed by atoms with E-state index in [1.54, 1.807) is 18.2 Å². The van der Waals surface area contributed by atoms with Crippen LogP contribution in [-0.2, 0) is 16.2 Å². The summed E-state index contributed by atoms with van der Waals surface area (Å²) in [6, 6.07) is 9.08. The smallest absolute Gasteiger partial charge is 0.419 e. The highest BCUT2D eigenvalue weighted by atomic mass is 35.5. The summed E-state index contributed by atoms with van der Waals surface area (Å²) in [6.07, 6.45) is -4.56. The van der Waals surface area contributed by atoms with Crippen molar-refractivity contribution in [3.8, 4) is 22.6 Å². The minimum absolute atomic E-state index is 0.0853. The molecule has 1 fully saturated rings. The number of alkyl halides is 3. The Labute approximate surface area is 220 Å². The van der Waals surface area contributed by atoms with Gasteiger partial charge in [0.1, 0.15) is 21.8 Å². The third-order valence-corrected chi connectivity index (χ3v) is 8.96. The molecular formula is C23H21Cl2F3N2O4S2. The molecule has 0 amide bonds. The fourth-order valence-electron chi connectivity index (χ4n) is 3.91. The molecule has 0 spiro atoms. The first kappa shape index (κ1) is 26.9. The van der Waals surface area contributed by atoms with Crippen molar-refractivity contribution in [2.24, 2.45) is 0 Å². The topological polar surface area (TPSA) is 67.9 Å². The van der Waals surface area contributed by atoms with Gasteiger partial charge in [0.25, 0.3) is 10.0 Å². The van der Waals surface area contributed by atoms with E-state index >= 15 is 0 Å². The number of halogens is 5. The predicted molar refractivity (Wildman–Crippen MR) is 135 cm³/mol. The van der Waals surface area contributed by atoms with Crippen molar-refractivity contribution in [1.82, 2.24) is 4.90 Å². The fourth-order valence-corrected chi connectivity index (χ4v) is 7.02. The van der Waals surface area contributed by atoms with Crippen molar-refractivity contribution in [2.45, 2.75) is 22.9 Å². The maximum Gasteiger partial charge on any atom is 0.419 e. The van der Waals surface area contributed by atoms with Crippen LogP contribution in [0, 0.1) is 0 Å². The van der Waals surface area contributed by atoms with Crippen molar-refractivity contribution in [2.75, 3.05) is 32.0 Å². The lowest BCUT2D eigenvalue weighted by Crippen LogP contribution is -2.23. The highest BCUT2D eigenvalue weighted by Crippen LogP contribution is 2.44. The molecule has 2 heterocycles. The molecule has 4 rings (SSSR count). The minimum Gasteiger partial charge on any atom is -0.496 e. The summed E-state index contributed by atoms with van der Waals surface area (Å²) in [4.78, 5) is 1.94. The Balaban J connectivity index is 1.71. The monoisotopic (exact) mass is 580 g/mol. The number of thiophene rings is 1. The van der Waals surface area contributed by atoms with E-state index in [0.29, 0.717) is 35.8 Å². The van der Waals surface area contributed by atoms with Crippen LogP contribution in [0.1, 0.15) is 12.0 Å². The highest BCUT2D eigenvalue weighted by Gasteiger charge is 2.36. The first-order chi connectivity index (χ1) is 16.9. The Morgan fingerprint density at radius 2 is 1.83 bits per heavy atom. The molecule has 0 radical (unpaired) electrons. The molecule has 1 saturated heterocycles. The van der Waals surface area contributed by atoms with Gasteiger partial charge in [-0.3, -0.25) is 4.72 Å². The molecular weight excluding hydrogens is 560 g/mol. The summed E-state index contributed by atoms with van der Waals surface area (Å²) in [5, 5.41) is 0.353. The molecule has 0 bridgehead atoms. The molecule has 13 heteroatoms. The molecule has 36 heavy (non-hydrogen) atoms. The summed E-state index contributed by atoms with van der Waals surface area (Å²) in [5.41, 5.74) is -0.425. The molecule has 1 atom stereocenters. The van der Waals surface area contributed by atoms with Gasteiger partial charge in [-0.2, -0.15) is 13.2 Å². The first-order valence-electron chi connectivity index (χ1n) is 10.6. The number of likely N-dealkylation sites (tertiary alicyclic amines) is 1. The molecule has 0 unspecified atom stereocenters. The molecule has 0 aliphatic carbocycles. The van der Waals surface area contributed by atoms with Crippen molar-refractivity contribution in [1.29, 1.82) is 0 Å². The largest absolute Gasteiger partial charge is 0.496 e. The van der Waals surface area contributed by atoms with Gasteiger partial charge in [0, 0.05) is 35.3 Å². The third-order valence-electron chi connectivity index (χ3n) is 5.54. The number of methoxy groups -OCH3 is 1. The van der Waals surface area contributed by atoms with Gasteiger partial charge in [-0.15, -0.1) is 11.3 Å². The summed E-state index contributed by atoms with van der Waals surface area (Å²) in [6.45, 7) is 1.15. The van der Waals surface area contributed by atoms with Crippen LogP contribution >= 0.6 is 34.5 Å². The molecule has 194 valence electrons. The second-order valence-corrected chi connectivity index (χ2v) is 12.2. The van der Waals surface area contributed by atoms with Gasteiger partial charge < -0.3 is 14.4 Å². The van der Waals surface area contributed by atoms with Crippen molar-refractivity contribution in [3.63, 3.8) is 0 Å². The highest BCUT2D eigenvalue weighted by molar-refractivity contribution is 7.94. The summed E-state index contributed by atoms with van der Waals surface area (Å²) < 4.78 is 81.0. The second kappa shape index (κ2) is 10.3. The first-order valence-corrected chi connectivity index (χ1v) is 13.7. The number of rotatable bonds is 7. The SMILES string of the molecule is COc1ccc(Cl)cc1-c1cc(Cl)sc1S(=O)(=O)Nc1ccc(C(F)(F)F)c(O[C@@H]2CCN(C)C2)c1. The van der Waals surface area contributed by atoms with Gasteiger partial charge in [0.05, 0.1) is 22.7 Å². The minimum atomic E-state index is -4.67. The number of likely N-dealkylation sites (N-methyl/N-ethyl adjacent to an activating group) is 1. The number of sulfonamides is 1. The molecule has 1 N–H and O–H groups in total. The lowest BCUT2D eigenvalue weighted by molar-refractivity contribution is -0.139. The molecule has 1 aliphatic rings. The molecule has 3 aromatic rings. The van der Waals surface area contributed by atoms with Crippen LogP contribution in [0.3, 0.4) is 0 Å². The van der Waals surface area contributed by atoms with Crippen molar-refractivity contribution in [3.05, 3.63) is 57.4 Å². The van der Waals surface area contributed by atoms with Crippen LogP contribution in [0.5, 0.6) is 11.5 Å². The Morgan fingerprint density at radius 3 is 2.47 bits per heavy atom. The van der Waals surface area contributed by atoms with Crippen molar-refractivity contribution < 1.29 is 31.1 Å². The van der Waals surface area contributed by atoms with E-state index in [4.69, 9.17) is 32.7 Å². The zero-order valence-electron chi connectivity index (χ0n) is 19.0. The van der Waals surface area contributed by atoms with E-state index in [2.05, 4.69) is 4.72 Å². The van der Waals surface area contributed by atoms with Crippen LogP contribution in [-0.4, -0.2) is 46.7 Å². The Kier molecular flexibility index (Phi) is 7.68. The third kappa shape index (κ3) is 5.86. The lowest BCUT2D eigenvalue weighted by Gasteiger charge is -2.19. The van der Waals surface area contributed by atoms with Gasteiger partial charge in [-0.1, -0.05) is 23.2 Å². The number of nitrogens with one attached hydrogen (secondary N) is 1. The Morgan fingerprint density at radius 1 is 1.08 bits per heavy atom. The van der Waals surface area contributed by atoms with Gasteiger partial charge in [0.2, 0.25) is 0 Å². The quantitative estimate of drug-likeness (QED) is 0.339. The fraction of sp³-hybridized carbons (Fsp3) is 0.304. The van der Waals surface area contributed by atoms with Crippen LogP contribution in [0.25, 0.3) is 11.1 Å². The standard InChI is InChI=1S/C23H21Cl2F3N2O4S2/c1-30-8-7-15(12-30)34-20-10-14(4-5-18(20)23(26,27)28)29-36(31,32)22-17(11-21(25)35-22)16-9-13(24)3-6-19(16)33-2/h3-6,9-11,15,29H,7-8,12H2,1-2H3/t15-/m1/s1. The van der Waals surface area contributed by atoms with E-state index in [1.807, 2.05) is 11.9 Å². The van der Waals surface area contributed by atoms with E-state index in [0.717, 1.165) is 29.5 Å². The Bertz CT molecular complexity index is 1380. The zero-order valence-corrected chi connectivity index (χ0v) is 22.2. The lowest BCUT2D eigenvalue weighted by atomic mass is 10.1. The maximum atomic E-state index is 13.6. The molecule has 1 aromatic heterocycles. The molecule has 2 aromatic carbocycles. The number of nitrogens with zero attached hydrogens (tertiary/aromatic N) is 1. The zero-order chi connectivity index (χ0) is 26.3. The number of benzene rings is 2. The van der Waals surface area contributed by atoms with Crippen LogP contribution < -0.4 is 14.2 Å². The maximum absolute atomic E-state index is 13.6. The van der Waals surface area contributed by atoms with E-state index < -0.39 is 33.6 Å². The van der Waals surface area contributed by atoms with Crippen LogP contribution in [0.15, 0.2) is 46.7 Å². The summed E-state index contributed by atoms with van der Waals surface area (Å²) in [5.74, 6) is -0.0685. The van der Waals surface area contributed by atoms with E-state index in [1.165, 1.54) is 13.2 Å². The van der Waals surface area contributed by atoms with Gasteiger partial charge >= 0.3 is 6.18 Å². The second-order valence-electron chi connectivity index (χ2n) is 8.20. The normalized spacial score (nSPS) is 16.8. The van der Waals surface area contributed by atoms with E-state index in [9.17, 15) is 21.6 Å². The number of hydrogen-bond acceptors (Lipinski definition) is 6. The van der Waals surface area contributed by atoms with Crippen LogP contribution in [0.2, 0.25) is 9.36 Å². The van der Waals surface area contributed by atoms with Gasteiger partial charge in [-0.25, -0.2) is 8.42 Å². The van der Waals surface area contributed by atoms with Crippen LogP contribution in [0.4, 0.5) is 18.9 Å². The molecule has 0 saturated carbocycles. The van der Waals surface area contributed by atoms with Gasteiger partial charge in [-0.05, 0) is 49.9 Å². The molecule has 1 aliphatic heterocycles. The van der Waals surface area contributed by atoms with Crippen molar-refractivity contribution >= 4 is 50.2 Å². The average molecular weight is 581 g/mol. The summed E-state index contributed by atoms with van der Waals surface area (Å²) >= 11 is 13.1. The number of anilines is 1. The Hall–Kier alpha value is -2.18. The predicted octanol–water partition coefficient (Wildman–Crippen LogP) is 6.63. The molecule has 6 nitrogen and oxygen atoms in total. The van der Waals surface area contributed by atoms with E-state index in [-0.39, 0.29) is 19.8 Å². The van der Waals surface area contributed by atoms with Gasteiger partial charge in [0.15, 0.2) is 0 Å². The number of hydrogen-bond donors (Lipinski definition) is 1.